The molecule has 0 radical (unpaired) electrons. The Labute approximate surface area is 148 Å². The number of aliphatic imine (C=N–C) groups is 1. The molecule has 4 rings (SSSR count). The van der Waals surface area contributed by atoms with E-state index in [0.29, 0.717) is 23.9 Å². The van der Waals surface area contributed by atoms with Crippen molar-refractivity contribution in [1.29, 1.82) is 0 Å². The number of aromatic nitrogens is 1. The zero-order valence-electron chi connectivity index (χ0n) is 13.6. The van der Waals surface area contributed by atoms with E-state index in [0.717, 1.165) is 11.1 Å². The molecule has 2 aliphatic heterocycles. The Morgan fingerprint density at radius 2 is 2.04 bits per heavy atom. The lowest BCUT2D eigenvalue weighted by Gasteiger charge is -2.37. The van der Waals surface area contributed by atoms with Gasteiger partial charge in [-0.15, -0.1) is 0 Å². The van der Waals surface area contributed by atoms with Crippen LogP contribution in [0.5, 0.6) is 0 Å². The summed E-state index contributed by atoms with van der Waals surface area (Å²) in [6.45, 7) is 2.87. The van der Waals surface area contributed by atoms with Crippen molar-refractivity contribution < 1.29 is 13.5 Å². The molecular formula is C18H17F2N3OS. The minimum absolute atomic E-state index is 0.0279. The number of ether oxygens (including phenoxy) is 1. The van der Waals surface area contributed by atoms with Gasteiger partial charge in [0.25, 0.3) is 0 Å². The number of halogens is 2. The lowest BCUT2D eigenvalue weighted by Crippen LogP contribution is -2.41. The first-order valence-corrected chi connectivity index (χ1v) is 8.84. The van der Waals surface area contributed by atoms with E-state index in [2.05, 4.69) is 9.98 Å². The minimum Gasteiger partial charge on any atom is -0.379 e. The number of fused-ring (bicyclic) bond motifs is 1. The molecule has 2 aliphatic rings. The van der Waals surface area contributed by atoms with Crippen LogP contribution in [0, 0.1) is 17.7 Å². The highest BCUT2D eigenvalue weighted by molar-refractivity contribution is 8.14. The van der Waals surface area contributed by atoms with Crippen LogP contribution in [-0.2, 0) is 9.48 Å². The molecule has 1 aromatic carbocycles. The number of hydrogen-bond donors (Lipinski definition) is 1. The third-order valence-electron chi connectivity index (χ3n) is 4.94. The molecule has 3 heterocycles. The van der Waals surface area contributed by atoms with Crippen LogP contribution in [0.15, 0.2) is 41.5 Å². The third kappa shape index (κ3) is 2.71. The number of nitrogens with zero attached hydrogens (tertiary/aromatic N) is 2. The molecule has 0 bridgehead atoms. The van der Waals surface area contributed by atoms with Crippen molar-refractivity contribution in [2.75, 3.05) is 13.2 Å². The van der Waals surface area contributed by atoms with Gasteiger partial charge in [0.15, 0.2) is 5.17 Å². The van der Waals surface area contributed by atoms with E-state index in [1.165, 1.54) is 30.1 Å². The fourth-order valence-electron chi connectivity index (χ4n) is 3.57. The van der Waals surface area contributed by atoms with Crippen molar-refractivity contribution in [1.82, 2.24) is 4.98 Å². The number of thioether (sulfide) groups is 1. The van der Waals surface area contributed by atoms with Gasteiger partial charge in [-0.3, -0.25) is 4.99 Å². The topological polar surface area (TPSA) is 60.5 Å². The molecule has 2 aromatic rings. The molecule has 2 N–H and O–H groups in total. The molecule has 25 heavy (non-hydrogen) atoms. The summed E-state index contributed by atoms with van der Waals surface area (Å²) in [6, 6.07) is 7.82. The molecule has 1 aromatic heterocycles. The van der Waals surface area contributed by atoms with Crippen LogP contribution in [0.4, 0.5) is 8.78 Å². The molecular weight excluding hydrogens is 344 g/mol. The highest BCUT2D eigenvalue weighted by atomic mass is 32.2. The molecule has 0 saturated carbocycles. The zero-order valence-corrected chi connectivity index (χ0v) is 14.4. The predicted octanol–water partition coefficient (Wildman–Crippen LogP) is 3.32. The zero-order chi connectivity index (χ0) is 17.6. The normalized spacial score (nSPS) is 28.5. The summed E-state index contributed by atoms with van der Waals surface area (Å²) >= 11 is 1.37. The van der Waals surface area contributed by atoms with Gasteiger partial charge in [-0.05, 0) is 36.8 Å². The molecule has 130 valence electrons. The lowest BCUT2D eigenvalue weighted by atomic mass is 9.83. The lowest BCUT2D eigenvalue weighted by molar-refractivity contribution is 0.107. The second-order valence-corrected chi connectivity index (χ2v) is 7.71. The summed E-state index contributed by atoms with van der Waals surface area (Å²) in [5.41, 5.74) is 8.01. The molecule has 0 unspecified atom stereocenters. The average Bonchev–Trinajstić information content (AvgIpc) is 2.93. The van der Waals surface area contributed by atoms with Gasteiger partial charge in [0.05, 0.1) is 17.5 Å². The summed E-state index contributed by atoms with van der Waals surface area (Å²) in [7, 11) is 0. The van der Waals surface area contributed by atoms with Crippen molar-refractivity contribution in [3.63, 3.8) is 0 Å². The molecule has 3 atom stereocenters. The van der Waals surface area contributed by atoms with Crippen LogP contribution in [-0.4, -0.2) is 29.4 Å². The first kappa shape index (κ1) is 16.5. The number of amidine groups is 1. The first-order chi connectivity index (χ1) is 12.0. The summed E-state index contributed by atoms with van der Waals surface area (Å²) in [5, 5.41) is 0.446. The number of hydrogen-bond acceptors (Lipinski definition) is 5. The van der Waals surface area contributed by atoms with Crippen molar-refractivity contribution in [3.8, 4) is 11.1 Å². The van der Waals surface area contributed by atoms with E-state index in [9.17, 15) is 8.78 Å². The Bertz CT molecular complexity index is 843. The second kappa shape index (κ2) is 6.07. The quantitative estimate of drug-likeness (QED) is 0.834. The van der Waals surface area contributed by atoms with Crippen LogP contribution in [0.3, 0.4) is 0 Å². The van der Waals surface area contributed by atoms with E-state index < -0.39 is 10.7 Å². The van der Waals surface area contributed by atoms with E-state index in [-0.39, 0.29) is 17.8 Å². The smallest absolute Gasteiger partial charge is 0.212 e. The molecule has 0 aliphatic carbocycles. The van der Waals surface area contributed by atoms with Gasteiger partial charge in [-0.1, -0.05) is 17.8 Å². The van der Waals surface area contributed by atoms with Crippen LogP contribution in [0.2, 0.25) is 0 Å². The van der Waals surface area contributed by atoms with Crippen molar-refractivity contribution in [2.45, 2.75) is 17.8 Å². The third-order valence-corrected chi connectivity index (χ3v) is 6.28. The van der Waals surface area contributed by atoms with E-state index in [1.54, 1.807) is 18.2 Å². The maximum Gasteiger partial charge on any atom is 0.212 e. The predicted molar refractivity (Wildman–Crippen MR) is 94.3 cm³/mol. The Morgan fingerprint density at radius 1 is 1.24 bits per heavy atom. The maximum absolute atomic E-state index is 14.8. The minimum atomic E-state index is -0.598. The van der Waals surface area contributed by atoms with Gasteiger partial charge in [0, 0.05) is 29.8 Å². The van der Waals surface area contributed by atoms with Crippen LogP contribution in [0.25, 0.3) is 11.1 Å². The van der Waals surface area contributed by atoms with Gasteiger partial charge in [0.2, 0.25) is 5.95 Å². The molecule has 4 nitrogen and oxygen atoms in total. The molecule has 0 amide bonds. The Hall–Kier alpha value is -1.99. The summed E-state index contributed by atoms with van der Waals surface area (Å²) in [5.74, 6) is -0.806. The molecule has 1 fully saturated rings. The largest absolute Gasteiger partial charge is 0.379 e. The van der Waals surface area contributed by atoms with E-state index in [4.69, 9.17) is 10.5 Å². The Kier molecular flexibility index (Phi) is 4.00. The van der Waals surface area contributed by atoms with Crippen molar-refractivity contribution in [3.05, 3.63) is 53.9 Å². The number of nitrogens with two attached hydrogens (primary N) is 1. The van der Waals surface area contributed by atoms with E-state index in [1.807, 2.05) is 6.92 Å². The van der Waals surface area contributed by atoms with Crippen LogP contribution in [0.1, 0.15) is 12.5 Å². The van der Waals surface area contributed by atoms with Gasteiger partial charge >= 0.3 is 0 Å². The number of pyridine rings is 1. The molecule has 0 spiro atoms. The van der Waals surface area contributed by atoms with Crippen LogP contribution < -0.4 is 5.73 Å². The average molecular weight is 361 g/mol. The summed E-state index contributed by atoms with van der Waals surface area (Å²) < 4.78 is 33.1. The second-order valence-electron chi connectivity index (χ2n) is 6.36. The molecule has 1 saturated heterocycles. The van der Waals surface area contributed by atoms with Gasteiger partial charge in [-0.2, -0.15) is 4.39 Å². The fraction of sp³-hybridized carbons (Fsp3) is 0.333. The van der Waals surface area contributed by atoms with Gasteiger partial charge < -0.3 is 10.5 Å². The van der Waals surface area contributed by atoms with Gasteiger partial charge in [0.1, 0.15) is 5.82 Å². The van der Waals surface area contributed by atoms with Crippen molar-refractivity contribution >= 4 is 16.9 Å². The standard InChI is InChI=1S/C18H17F2N3OS/c1-10-14-8-23-17(21)25-18(14,9-24-10)13-6-11(2-4-15(13)19)12-3-5-16(20)22-7-12/h2-7,10,14H,8-9H2,1H3,(H2,21,23)/t10-,14+,18-/m1/s1. The highest BCUT2D eigenvalue weighted by Gasteiger charge is 2.53. The number of rotatable bonds is 2. The monoisotopic (exact) mass is 361 g/mol. The van der Waals surface area contributed by atoms with Crippen LogP contribution >= 0.6 is 11.8 Å². The highest BCUT2D eigenvalue weighted by Crippen LogP contribution is 2.53. The van der Waals surface area contributed by atoms with Crippen molar-refractivity contribution in [2.24, 2.45) is 16.6 Å². The Balaban J connectivity index is 1.83. The Morgan fingerprint density at radius 3 is 2.80 bits per heavy atom. The summed E-state index contributed by atoms with van der Waals surface area (Å²) in [6.07, 6.45) is 1.42. The van der Waals surface area contributed by atoms with E-state index >= 15 is 0 Å². The number of benzene rings is 1. The maximum atomic E-state index is 14.8. The van der Waals surface area contributed by atoms with Gasteiger partial charge in [-0.25, -0.2) is 9.37 Å². The molecule has 7 heteroatoms. The summed E-state index contributed by atoms with van der Waals surface area (Å²) in [4.78, 5) is 8.00. The fourth-order valence-corrected chi connectivity index (χ4v) is 4.90. The SMILES string of the molecule is C[C@H]1OC[C@]2(c3cc(-c4ccc(F)nc4)ccc3F)SC(N)=NC[C@@H]12. The first-order valence-electron chi connectivity index (χ1n) is 8.02.